The molecule has 0 spiro atoms. The van der Waals surface area contributed by atoms with Crippen molar-refractivity contribution in [2.24, 2.45) is 0 Å². The van der Waals surface area contributed by atoms with Gasteiger partial charge < -0.3 is 20.5 Å². The smallest absolute Gasteiger partial charge is 0.352 e. The fourth-order valence-electron chi connectivity index (χ4n) is 3.25. The number of halogens is 1. The largest absolute Gasteiger partial charge is 0.495 e. The molecular weight excluding hydrogens is 408 g/mol. The van der Waals surface area contributed by atoms with Crippen molar-refractivity contribution >= 4 is 35.0 Å². The van der Waals surface area contributed by atoms with E-state index in [2.05, 4.69) is 15.7 Å². The molecule has 0 bridgehead atoms. The minimum Gasteiger partial charge on any atom is -0.495 e. The summed E-state index contributed by atoms with van der Waals surface area (Å²) in [6.07, 6.45) is 2.92. The molecule has 1 aliphatic rings. The maximum Gasteiger partial charge on any atom is 0.352 e. The Hall–Kier alpha value is -3.78. The van der Waals surface area contributed by atoms with Crippen LogP contribution in [0.5, 0.6) is 5.75 Å². The first-order chi connectivity index (χ1) is 14.5. The summed E-state index contributed by atoms with van der Waals surface area (Å²) in [4.78, 5) is 24.6. The molecular formula is C21H17ClN4O4. The first kappa shape index (κ1) is 19.5. The van der Waals surface area contributed by atoms with Crippen LogP contribution in [0.2, 0.25) is 5.02 Å². The molecule has 1 aromatic heterocycles. The van der Waals surface area contributed by atoms with E-state index in [0.717, 1.165) is 5.56 Å². The fourth-order valence-corrected chi connectivity index (χ4v) is 3.45. The number of methoxy groups -OCH3 is 1. The third kappa shape index (κ3) is 3.60. The summed E-state index contributed by atoms with van der Waals surface area (Å²) in [5.74, 6) is -0.828. The number of carboxylic acids is 1. The first-order valence-electron chi connectivity index (χ1n) is 8.97. The van der Waals surface area contributed by atoms with E-state index >= 15 is 0 Å². The van der Waals surface area contributed by atoms with Gasteiger partial charge in [0.25, 0.3) is 5.91 Å². The molecule has 4 rings (SSSR count). The monoisotopic (exact) mass is 424 g/mol. The number of allylic oxidation sites excluding steroid dienone is 1. The fraction of sp³-hybridized carbons (Fsp3) is 0.0952. The summed E-state index contributed by atoms with van der Waals surface area (Å²) in [5.41, 5.74) is 1.36. The number of ether oxygens (including phenoxy) is 1. The second kappa shape index (κ2) is 7.92. The molecule has 9 heteroatoms. The van der Waals surface area contributed by atoms with Gasteiger partial charge >= 0.3 is 5.97 Å². The molecule has 0 radical (unpaired) electrons. The Kier molecular flexibility index (Phi) is 5.16. The van der Waals surface area contributed by atoms with Gasteiger partial charge in [0.15, 0.2) is 0 Å². The molecule has 30 heavy (non-hydrogen) atoms. The lowest BCUT2D eigenvalue weighted by atomic mass is 10.0. The molecule has 2 heterocycles. The van der Waals surface area contributed by atoms with Crippen molar-refractivity contribution in [3.8, 4) is 5.75 Å². The second-order valence-electron chi connectivity index (χ2n) is 6.52. The molecule has 0 saturated heterocycles. The van der Waals surface area contributed by atoms with Gasteiger partial charge in [-0.1, -0.05) is 35.9 Å². The lowest BCUT2D eigenvalue weighted by molar-refractivity contribution is -0.132. The maximum atomic E-state index is 12.9. The van der Waals surface area contributed by atoms with Crippen molar-refractivity contribution in [1.82, 2.24) is 9.78 Å². The van der Waals surface area contributed by atoms with Crippen molar-refractivity contribution in [3.63, 3.8) is 0 Å². The number of carbonyl (C=O) groups is 2. The number of carboxylic acid groups (broad SMARTS) is 1. The third-order valence-corrected chi connectivity index (χ3v) is 4.89. The van der Waals surface area contributed by atoms with E-state index in [9.17, 15) is 14.7 Å². The summed E-state index contributed by atoms with van der Waals surface area (Å²) < 4.78 is 6.81. The van der Waals surface area contributed by atoms with Crippen LogP contribution in [0.4, 0.5) is 11.5 Å². The lowest BCUT2D eigenvalue weighted by Crippen LogP contribution is -2.25. The molecule has 1 amide bonds. The van der Waals surface area contributed by atoms with Crippen molar-refractivity contribution < 1.29 is 19.4 Å². The van der Waals surface area contributed by atoms with Gasteiger partial charge in [0.05, 0.1) is 25.0 Å². The zero-order chi connectivity index (χ0) is 21.3. The van der Waals surface area contributed by atoms with E-state index in [4.69, 9.17) is 16.3 Å². The summed E-state index contributed by atoms with van der Waals surface area (Å²) in [7, 11) is 1.51. The highest BCUT2D eigenvalue weighted by Gasteiger charge is 2.29. The number of nitrogens with one attached hydrogen (secondary N) is 2. The van der Waals surface area contributed by atoms with Gasteiger partial charge in [-0.2, -0.15) is 5.10 Å². The van der Waals surface area contributed by atoms with Crippen LogP contribution in [0, 0.1) is 0 Å². The Labute approximate surface area is 176 Å². The van der Waals surface area contributed by atoms with Gasteiger partial charge in [0.1, 0.15) is 22.8 Å². The number of nitrogens with zero attached hydrogens (tertiary/aromatic N) is 2. The van der Waals surface area contributed by atoms with E-state index in [1.807, 2.05) is 6.07 Å². The highest BCUT2D eigenvalue weighted by Crippen LogP contribution is 2.33. The number of para-hydroxylation sites is 2. The van der Waals surface area contributed by atoms with Gasteiger partial charge in [-0.05, 0) is 35.9 Å². The van der Waals surface area contributed by atoms with Crippen LogP contribution in [0.25, 0.3) is 0 Å². The number of aromatic nitrogens is 2. The second-order valence-corrected chi connectivity index (χ2v) is 6.95. The predicted octanol–water partition coefficient (Wildman–Crippen LogP) is 3.78. The van der Waals surface area contributed by atoms with Gasteiger partial charge in [-0.25, -0.2) is 9.48 Å². The van der Waals surface area contributed by atoms with E-state index < -0.39 is 17.9 Å². The minimum atomic E-state index is -1.15. The van der Waals surface area contributed by atoms with Crippen LogP contribution in [0.1, 0.15) is 22.0 Å². The normalized spacial score (nSPS) is 14.9. The Balaban J connectivity index is 1.73. The standard InChI is InChI=1S/C21H17ClN4O4/c1-30-18-8-3-2-7-15(18)25-20(27)14-11-23-26-17(12-5-4-6-13(22)9-12)10-16(21(28)29)24-19(14)26/h2-11,17,24H,1H3,(H,25,27)(H,28,29)/t17-/m0/s1. The zero-order valence-electron chi connectivity index (χ0n) is 15.8. The van der Waals surface area contributed by atoms with Crippen molar-refractivity contribution in [3.05, 3.63) is 82.7 Å². The average molecular weight is 425 g/mol. The van der Waals surface area contributed by atoms with Crippen LogP contribution in [0.15, 0.2) is 66.5 Å². The van der Waals surface area contributed by atoms with Crippen LogP contribution < -0.4 is 15.4 Å². The average Bonchev–Trinajstić information content (AvgIpc) is 3.17. The highest BCUT2D eigenvalue weighted by atomic mass is 35.5. The van der Waals surface area contributed by atoms with E-state index in [0.29, 0.717) is 16.5 Å². The minimum absolute atomic E-state index is 0.0562. The number of rotatable bonds is 5. The molecule has 1 atom stereocenters. The number of fused-ring (bicyclic) bond motifs is 1. The number of anilines is 2. The van der Waals surface area contributed by atoms with Crippen molar-refractivity contribution in [1.29, 1.82) is 0 Å². The third-order valence-electron chi connectivity index (χ3n) is 4.66. The van der Waals surface area contributed by atoms with Crippen molar-refractivity contribution in [2.45, 2.75) is 6.04 Å². The topological polar surface area (TPSA) is 105 Å². The van der Waals surface area contributed by atoms with Gasteiger partial charge in [-0.15, -0.1) is 0 Å². The number of benzene rings is 2. The molecule has 152 valence electrons. The highest BCUT2D eigenvalue weighted by molar-refractivity contribution is 6.30. The summed E-state index contributed by atoms with van der Waals surface area (Å²) in [5, 5.41) is 20.0. The molecule has 0 unspecified atom stereocenters. The maximum absolute atomic E-state index is 12.9. The van der Waals surface area contributed by atoms with Crippen LogP contribution in [-0.4, -0.2) is 33.9 Å². The molecule has 0 aliphatic carbocycles. The number of amides is 1. The summed E-state index contributed by atoms with van der Waals surface area (Å²) in [6, 6.07) is 13.5. The predicted molar refractivity (Wildman–Crippen MR) is 112 cm³/mol. The number of aliphatic carboxylic acids is 1. The zero-order valence-corrected chi connectivity index (χ0v) is 16.6. The molecule has 0 saturated carbocycles. The van der Waals surface area contributed by atoms with Crippen LogP contribution in [-0.2, 0) is 4.79 Å². The van der Waals surface area contributed by atoms with Gasteiger partial charge in [0, 0.05) is 5.02 Å². The molecule has 1 aliphatic heterocycles. The summed E-state index contributed by atoms with van der Waals surface area (Å²) in [6.45, 7) is 0. The van der Waals surface area contributed by atoms with Crippen LogP contribution >= 0.6 is 11.6 Å². The van der Waals surface area contributed by atoms with Crippen LogP contribution in [0.3, 0.4) is 0 Å². The van der Waals surface area contributed by atoms with Gasteiger partial charge in [-0.3, -0.25) is 4.79 Å². The number of carbonyl (C=O) groups excluding carboxylic acids is 1. The Morgan fingerprint density at radius 3 is 2.77 bits per heavy atom. The quantitative estimate of drug-likeness (QED) is 0.575. The van der Waals surface area contributed by atoms with Crippen molar-refractivity contribution in [2.75, 3.05) is 17.7 Å². The molecule has 0 fully saturated rings. The Morgan fingerprint density at radius 2 is 2.03 bits per heavy atom. The number of hydrogen-bond donors (Lipinski definition) is 3. The number of hydrogen-bond acceptors (Lipinski definition) is 5. The van der Waals surface area contributed by atoms with E-state index in [1.165, 1.54) is 19.4 Å². The molecule has 3 aromatic rings. The Bertz CT molecular complexity index is 1170. The lowest BCUT2D eigenvalue weighted by Gasteiger charge is -2.24. The SMILES string of the molecule is COc1ccccc1NC(=O)c1cnn2c1NC(C(=O)O)=C[C@H]2c1cccc(Cl)c1. The van der Waals surface area contributed by atoms with E-state index in [-0.39, 0.29) is 17.1 Å². The molecule has 2 aromatic carbocycles. The first-order valence-corrected chi connectivity index (χ1v) is 9.35. The molecule has 8 nitrogen and oxygen atoms in total. The molecule has 3 N–H and O–H groups in total. The van der Waals surface area contributed by atoms with Gasteiger partial charge in [0.2, 0.25) is 0 Å². The summed E-state index contributed by atoms with van der Waals surface area (Å²) >= 11 is 6.11. The van der Waals surface area contributed by atoms with E-state index in [1.54, 1.807) is 47.1 Å². The Morgan fingerprint density at radius 1 is 1.23 bits per heavy atom.